The Morgan fingerprint density at radius 2 is 0.812 bits per heavy atom. The highest BCUT2D eigenvalue weighted by Gasteiger charge is 2.23. The molecule has 2 unspecified atom stereocenters. The van der Waals surface area contributed by atoms with Gasteiger partial charge in [0, 0.05) is 45.2 Å². The van der Waals surface area contributed by atoms with Gasteiger partial charge in [0.25, 0.3) is 0 Å². The Morgan fingerprint density at radius 1 is 0.344 bits per heavy atom. The molecule has 2 atom stereocenters. The quantitative estimate of drug-likeness (QED) is 0.152. The molecule has 0 saturated heterocycles. The number of hydrogen-bond acceptors (Lipinski definition) is 2. The Balaban J connectivity index is 0.851. The van der Waals surface area contributed by atoms with E-state index in [1.807, 2.05) is 12.1 Å². The molecule has 2 nitrogen and oxygen atoms in total. The molecule has 1 heterocycles. The van der Waals surface area contributed by atoms with E-state index in [9.17, 15) is 0 Å². The Hall–Kier alpha value is -8.20. The topological polar surface area (TPSA) is 16.4 Å². The summed E-state index contributed by atoms with van der Waals surface area (Å²) in [5.41, 5.74) is 17.1. The van der Waals surface area contributed by atoms with E-state index in [4.69, 9.17) is 4.42 Å². The Bertz CT molecular complexity index is 3450. The van der Waals surface area contributed by atoms with Gasteiger partial charge in [-0.25, -0.2) is 0 Å². The second kappa shape index (κ2) is 15.9. The number of fused-ring (bicyclic) bond motifs is 5. The van der Waals surface area contributed by atoms with E-state index in [1.54, 1.807) is 0 Å². The van der Waals surface area contributed by atoms with Crippen LogP contribution in [0, 0.1) is 11.8 Å². The van der Waals surface area contributed by atoms with Crippen LogP contribution in [0.4, 0.5) is 17.1 Å². The van der Waals surface area contributed by atoms with E-state index in [1.165, 1.54) is 55.3 Å². The van der Waals surface area contributed by atoms with Gasteiger partial charge in [-0.05, 0) is 103 Å². The van der Waals surface area contributed by atoms with Gasteiger partial charge >= 0.3 is 0 Å². The smallest absolute Gasteiger partial charge is 0.143 e. The molecule has 12 rings (SSSR count). The monoisotopic (exact) mass is 817 g/mol. The standard InChI is InChI=1S/C62H43NO/c1-3-14-54-46(10-1)12-7-17-56(54)48-28-26-44(27-29-48)42-22-24-43(25-23-42)45-30-36-51(37-31-45)63(52-38-32-49(33-39-52)57-18-8-13-47-11-2-4-15-55(47)57)53-40-34-50(35-41-53)58-19-9-20-60-59-16-5-6-21-61(59)64-62(58)60/h1-41,46,54H. The van der Waals surface area contributed by atoms with Crippen LogP contribution in [-0.4, -0.2) is 0 Å². The van der Waals surface area contributed by atoms with E-state index < -0.39 is 0 Å². The number of benzene rings is 9. The van der Waals surface area contributed by atoms with Crippen LogP contribution in [0.1, 0.15) is 5.56 Å². The van der Waals surface area contributed by atoms with Gasteiger partial charge in [0.15, 0.2) is 0 Å². The fraction of sp³-hybridized carbons (Fsp3) is 0.0323. The second-order valence-electron chi connectivity index (χ2n) is 16.8. The van der Waals surface area contributed by atoms with Gasteiger partial charge in [0.05, 0.1) is 0 Å². The van der Waals surface area contributed by atoms with Crippen LogP contribution in [0.5, 0.6) is 0 Å². The summed E-state index contributed by atoms with van der Waals surface area (Å²) in [6, 6.07) is 74.6. The lowest BCUT2D eigenvalue weighted by Crippen LogP contribution is -2.14. The van der Waals surface area contributed by atoms with E-state index in [0.29, 0.717) is 11.8 Å². The number of rotatable bonds is 8. The summed E-state index contributed by atoms with van der Waals surface area (Å²) in [5.74, 6) is 0.834. The highest BCUT2D eigenvalue weighted by molar-refractivity contribution is 6.09. The lowest BCUT2D eigenvalue weighted by atomic mass is 9.77. The number of para-hydroxylation sites is 2. The molecule has 0 bridgehead atoms. The van der Waals surface area contributed by atoms with Crippen LogP contribution in [0.2, 0.25) is 0 Å². The summed E-state index contributed by atoms with van der Waals surface area (Å²) in [6.45, 7) is 0. The number of furan rings is 1. The van der Waals surface area contributed by atoms with Crippen molar-refractivity contribution in [3.05, 3.63) is 254 Å². The molecule has 10 aromatic rings. The molecule has 9 aromatic carbocycles. The molecule has 2 heteroatoms. The summed E-state index contributed by atoms with van der Waals surface area (Å²) in [5, 5.41) is 4.77. The molecule has 0 fully saturated rings. The van der Waals surface area contributed by atoms with Crippen LogP contribution >= 0.6 is 0 Å². The second-order valence-corrected chi connectivity index (χ2v) is 16.8. The van der Waals surface area contributed by atoms with E-state index in [2.05, 4.69) is 242 Å². The SMILES string of the molecule is C1=CC2C=CC=C(c3ccc(-c4ccc(-c5ccc(N(c6ccc(-c7cccc8ccccc78)cc6)c6ccc(-c7cccc8c7oc7ccccc78)cc6)cc5)cc4)cc3)C2C=C1. The average molecular weight is 818 g/mol. The molecule has 2 aliphatic rings. The molecule has 302 valence electrons. The van der Waals surface area contributed by atoms with Crippen molar-refractivity contribution in [3.8, 4) is 44.5 Å². The number of nitrogens with zero attached hydrogens (tertiary/aromatic N) is 1. The summed E-state index contributed by atoms with van der Waals surface area (Å²) >= 11 is 0. The minimum absolute atomic E-state index is 0.399. The van der Waals surface area contributed by atoms with Gasteiger partial charge in [-0.1, -0.05) is 206 Å². The number of hydrogen-bond donors (Lipinski definition) is 0. The molecule has 64 heavy (non-hydrogen) atoms. The molecular weight excluding hydrogens is 775 g/mol. The van der Waals surface area contributed by atoms with Crippen molar-refractivity contribution < 1.29 is 4.42 Å². The first kappa shape index (κ1) is 37.6. The highest BCUT2D eigenvalue weighted by atomic mass is 16.3. The van der Waals surface area contributed by atoms with Gasteiger partial charge in [-0.3, -0.25) is 0 Å². The van der Waals surface area contributed by atoms with Crippen LogP contribution in [0.25, 0.3) is 82.8 Å². The van der Waals surface area contributed by atoms with Gasteiger partial charge in [0.1, 0.15) is 11.2 Å². The normalized spacial score (nSPS) is 15.4. The van der Waals surface area contributed by atoms with Crippen molar-refractivity contribution in [1.29, 1.82) is 0 Å². The molecule has 0 radical (unpaired) electrons. The third-order valence-electron chi connectivity index (χ3n) is 13.1. The number of anilines is 3. The fourth-order valence-electron chi connectivity index (χ4n) is 9.80. The minimum Gasteiger partial charge on any atom is -0.455 e. The van der Waals surface area contributed by atoms with Crippen LogP contribution < -0.4 is 4.90 Å². The van der Waals surface area contributed by atoms with Crippen molar-refractivity contribution in [2.75, 3.05) is 4.90 Å². The third-order valence-corrected chi connectivity index (χ3v) is 13.1. The molecule has 0 aliphatic heterocycles. The Morgan fingerprint density at radius 3 is 1.48 bits per heavy atom. The first-order valence-corrected chi connectivity index (χ1v) is 22.2. The molecule has 0 N–H and O–H groups in total. The predicted molar refractivity (Wildman–Crippen MR) is 270 cm³/mol. The predicted octanol–water partition coefficient (Wildman–Crippen LogP) is 17.2. The zero-order valence-electron chi connectivity index (χ0n) is 35.2. The minimum atomic E-state index is 0.399. The van der Waals surface area contributed by atoms with E-state index in [0.717, 1.165) is 50.1 Å². The summed E-state index contributed by atoms with van der Waals surface area (Å²) in [6.07, 6.45) is 15.7. The highest BCUT2D eigenvalue weighted by Crippen LogP contribution is 2.42. The molecule has 2 aliphatic carbocycles. The van der Waals surface area contributed by atoms with Gasteiger partial charge in [-0.15, -0.1) is 0 Å². The van der Waals surface area contributed by atoms with Crippen molar-refractivity contribution in [3.63, 3.8) is 0 Å². The van der Waals surface area contributed by atoms with E-state index >= 15 is 0 Å². The van der Waals surface area contributed by atoms with E-state index in [-0.39, 0.29) is 0 Å². The maximum Gasteiger partial charge on any atom is 0.143 e. The molecule has 0 saturated carbocycles. The first-order chi connectivity index (χ1) is 31.7. The molecule has 0 spiro atoms. The average Bonchev–Trinajstić information content (AvgIpc) is 3.76. The summed E-state index contributed by atoms with van der Waals surface area (Å²) in [4.78, 5) is 2.34. The molecule has 0 amide bonds. The van der Waals surface area contributed by atoms with Crippen LogP contribution in [0.3, 0.4) is 0 Å². The van der Waals surface area contributed by atoms with Crippen molar-refractivity contribution in [2.24, 2.45) is 11.8 Å². The molecular formula is C62H43NO. The third kappa shape index (κ3) is 6.77. The fourth-order valence-corrected chi connectivity index (χ4v) is 9.80. The van der Waals surface area contributed by atoms with Crippen LogP contribution in [0.15, 0.2) is 253 Å². The largest absolute Gasteiger partial charge is 0.455 e. The number of allylic oxidation sites excluding steroid dienone is 8. The zero-order valence-corrected chi connectivity index (χ0v) is 35.2. The summed E-state index contributed by atoms with van der Waals surface area (Å²) in [7, 11) is 0. The maximum absolute atomic E-state index is 6.43. The lowest BCUT2D eigenvalue weighted by Gasteiger charge is -2.27. The van der Waals surface area contributed by atoms with Gasteiger partial charge < -0.3 is 9.32 Å². The zero-order chi connectivity index (χ0) is 42.4. The van der Waals surface area contributed by atoms with Gasteiger partial charge in [-0.2, -0.15) is 0 Å². The Labute approximate surface area is 373 Å². The Kier molecular flexibility index (Phi) is 9.34. The van der Waals surface area contributed by atoms with Crippen molar-refractivity contribution in [2.45, 2.75) is 0 Å². The lowest BCUT2D eigenvalue weighted by molar-refractivity contribution is 0.670. The van der Waals surface area contributed by atoms with Crippen LogP contribution in [-0.2, 0) is 0 Å². The first-order valence-electron chi connectivity index (χ1n) is 22.2. The summed E-state index contributed by atoms with van der Waals surface area (Å²) < 4.78 is 6.43. The van der Waals surface area contributed by atoms with Crippen molar-refractivity contribution >= 4 is 55.3 Å². The maximum atomic E-state index is 6.43. The molecule has 1 aromatic heterocycles. The van der Waals surface area contributed by atoms with Gasteiger partial charge in [0.2, 0.25) is 0 Å². The van der Waals surface area contributed by atoms with Crippen molar-refractivity contribution in [1.82, 2.24) is 0 Å².